The van der Waals surface area contributed by atoms with Gasteiger partial charge in [-0.1, -0.05) is 0 Å². The van der Waals surface area contributed by atoms with Crippen LogP contribution in [0.5, 0.6) is 0 Å². The number of hydrogen-bond donors (Lipinski definition) is 1. The van der Waals surface area contributed by atoms with Gasteiger partial charge in [0.15, 0.2) is 0 Å². The van der Waals surface area contributed by atoms with E-state index in [-0.39, 0.29) is 5.01 Å². The number of rotatable bonds is 7. The molecule has 1 rings (SSSR count). The minimum absolute atomic E-state index is 0.171. The van der Waals surface area contributed by atoms with Crippen LogP contribution in [0.4, 0.5) is 0 Å². The summed E-state index contributed by atoms with van der Waals surface area (Å²) in [6.45, 7) is 2.89. The molecule has 1 aromatic heterocycles. The van der Waals surface area contributed by atoms with Crippen LogP contribution in [-0.2, 0) is 6.54 Å². The third-order valence-electron chi connectivity index (χ3n) is 2.64. The number of carbonyl (C=O) groups is 1. The first-order valence-corrected chi connectivity index (χ1v) is 7.68. The largest absolute Gasteiger partial charge is 0.476 e. The van der Waals surface area contributed by atoms with E-state index in [0.29, 0.717) is 12.6 Å². The van der Waals surface area contributed by atoms with Crippen molar-refractivity contribution in [3.8, 4) is 0 Å². The van der Waals surface area contributed by atoms with Crippen LogP contribution in [0.3, 0.4) is 0 Å². The lowest BCUT2D eigenvalue weighted by atomic mass is 10.2. The van der Waals surface area contributed by atoms with Crippen molar-refractivity contribution in [1.82, 2.24) is 9.88 Å². The zero-order chi connectivity index (χ0) is 12.8. The van der Waals surface area contributed by atoms with E-state index in [4.69, 9.17) is 5.11 Å². The Hall–Kier alpha value is -0.590. The minimum atomic E-state index is -0.945. The van der Waals surface area contributed by atoms with Crippen molar-refractivity contribution < 1.29 is 9.90 Å². The summed E-state index contributed by atoms with van der Waals surface area (Å²) in [7, 11) is 2.05. The van der Waals surface area contributed by atoms with Gasteiger partial charge in [-0.05, 0) is 32.4 Å². The summed E-state index contributed by atoms with van der Waals surface area (Å²) in [5, 5.41) is 10.8. The summed E-state index contributed by atoms with van der Waals surface area (Å²) in [6.07, 6.45) is 3.24. The highest BCUT2D eigenvalue weighted by Crippen LogP contribution is 2.14. The van der Waals surface area contributed by atoms with Crippen molar-refractivity contribution in [2.75, 3.05) is 19.1 Å². The van der Waals surface area contributed by atoms with Gasteiger partial charge in [0.1, 0.15) is 0 Å². The van der Waals surface area contributed by atoms with Crippen LogP contribution < -0.4 is 0 Å². The Balaban J connectivity index is 2.49. The molecule has 0 saturated carbocycles. The number of hydrogen-bond acceptors (Lipinski definition) is 5. The second-order valence-electron chi connectivity index (χ2n) is 3.99. The fourth-order valence-electron chi connectivity index (χ4n) is 1.40. The molecule has 0 radical (unpaired) electrons. The first kappa shape index (κ1) is 14.5. The lowest BCUT2D eigenvalue weighted by molar-refractivity contribution is 0.0696. The topological polar surface area (TPSA) is 53.4 Å². The fraction of sp³-hybridized carbons (Fsp3) is 0.636. The maximum absolute atomic E-state index is 10.7. The van der Waals surface area contributed by atoms with E-state index in [1.165, 1.54) is 11.3 Å². The molecule has 0 aliphatic rings. The Bertz CT molecular complexity index is 368. The molecule has 1 heterocycles. The summed E-state index contributed by atoms with van der Waals surface area (Å²) in [5.41, 5.74) is 0.839. The van der Waals surface area contributed by atoms with Gasteiger partial charge in [0.05, 0.1) is 5.69 Å². The predicted octanol–water partition coefficient (Wildman–Crippen LogP) is 2.41. The second kappa shape index (κ2) is 6.98. The van der Waals surface area contributed by atoms with Crippen LogP contribution in [-0.4, -0.2) is 46.1 Å². The number of carboxylic acid groups (broad SMARTS) is 1. The third kappa shape index (κ3) is 4.65. The SMILES string of the molecule is CSCCC(C)N(C)Cc1csc(C(=O)O)n1. The average Bonchev–Trinajstić information content (AvgIpc) is 2.74. The van der Waals surface area contributed by atoms with E-state index in [0.717, 1.165) is 17.9 Å². The standard InChI is InChI=1S/C11H18N2O2S2/c1-8(4-5-16-3)13(2)6-9-7-17-10(12-9)11(14)15/h7-8H,4-6H2,1-3H3,(H,14,15). The van der Waals surface area contributed by atoms with Crippen LogP contribution in [0.15, 0.2) is 5.38 Å². The van der Waals surface area contributed by atoms with E-state index < -0.39 is 5.97 Å². The second-order valence-corrected chi connectivity index (χ2v) is 5.84. The summed E-state index contributed by atoms with van der Waals surface area (Å²) < 4.78 is 0. The molecule has 6 heteroatoms. The molecule has 0 aliphatic heterocycles. The molecule has 0 saturated heterocycles. The Morgan fingerprint density at radius 3 is 2.94 bits per heavy atom. The van der Waals surface area contributed by atoms with Crippen molar-refractivity contribution in [2.24, 2.45) is 0 Å². The molecular weight excluding hydrogens is 256 g/mol. The van der Waals surface area contributed by atoms with Crippen LogP contribution in [0, 0.1) is 0 Å². The molecule has 0 amide bonds. The lowest BCUT2D eigenvalue weighted by Gasteiger charge is -2.23. The van der Waals surface area contributed by atoms with Crippen LogP contribution >= 0.6 is 23.1 Å². The van der Waals surface area contributed by atoms with Gasteiger partial charge < -0.3 is 5.11 Å². The molecule has 1 unspecified atom stereocenters. The quantitative estimate of drug-likeness (QED) is 0.827. The number of aromatic nitrogens is 1. The van der Waals surface area contributed by atoms with Gasteiger partial charge in [-0.2, -0.15) is 11.8 Å². The van der Waals surface area contributed by atoms with E-state index in [1.807, 2.05) is 24.2 Å². The number of thiazole rings is 1. The fourth-order valence-corrected chi connectivity index (χ4v) is 2.62. The lowest BCUT2D eigenvalue weighted by Crippen LogP contribution is -2.29. The number of carboxylic acids is 1. The Labute approximate surface area is 110 Å². The van der Waals surface area contributed by atoms with Gasteiger partial charge in [0, 0.05) is 18.0 Å². The summed E-state index contributed by atoms with van der Waals surface area (Å²) >= 11 is 3.03. The minimum Gasteiger partial charge on any atom is -0.476 e. The molecule has 0 fully saturated rings. The molecule has 17 heavy (non-hydrogen) atoms. The van der Waals surface area contributed by atoms with Crippen molar-refractivity contribution in [2.45, 2.75) is 25.9 Å². The molecule has 96 valence electrons. The molecule has 4 nitrogen and oxygen atoms in total. The van der Waals surface area contributed by atoms with Gasteiger partial charge in [-0.3, -0.25) is 4.90 Å². The van der Waals surface area contributed by atoms with Crippen molar-refractivity contribution in [1.29, 1.82) is 0 Å². The number of aromatic carboxylic acids is 1. The number of nitrogens with zero attached hydrogens (tertiary/aromatic N) is 2. The predicted molar refractivity (Wildman–Crippen MR) is 73.0 cm³/mol. The smallest absolute Gasteiger partial charge is 0.365 e. The first-order valence-electron chi connectivity index (χ1n) is 5.41. The highest BCUT2D eigenvalue weighted by molar-refractivity contribution is 7.98. The molecule has 1 N–H and O–H groups in total. The average molecular weight is 274 g/mol. The van der Waals surface area contributed by atoms with E-state index in [1.54, 1.807) is 0 Å². The van der Waals surface area contributed by atoms with Crippen LogP contribution in [0.2, 0.25) is 0 Å². The van der Waals surface area contributed by atoms with Crippen molar-refractivity contribution in [3.05, 3.63) is 16.1 Å². The zero-order valence-electron chi connectivity index (χ0n) is 10.3. The Morgan fingerprint density at radius 2 is 2.41 bits per heavy atom. The normalized spacial score (nSPS) is 12.9. The van der Waals surface area contributed by atoms with Crippen LogP contribution in [0.25, 0.3) is 0 Å². The molecule has 0 aromatic carbocycles. The van der Waals surface area contributed by atoms with Crippen molar-refractivity contribution in [3.63, 3.8) is 0 Å². The van der Waals surface area contributed by atoms with Crippen LogP contribution in [0.1, 0.15) is 28.8 Å². The zero-order valence-corrected chi connectivity index (χ0v) is 12.0. The Morgan fingerprint density at radius 1 is 1.71 bits per heavy atom. The Kier molecular flexibility index (Phi) is 5.94. The maximum Gasteiger partial charge on any atom is 0.365 e. The van der Waals surface area contributed by atoms with E-state index in [2.05, 4.69) is 23.1 Å². The molecule has 0 spiro atoms. The highest BCUT2D eigenvalue weighted by Gasteiger charge is 2.13. The van der Waals surface area contributed by atoms with Gasteiger partial charge in [0.25, 0.3) is 0 Å². The summed E-state index contributed by atoms with van der Waals surface area (Å²) in [4.78, 5) is 17.0. The highest BCUT2D eigenvalue weighted by atomic mass is 32.2. The van der Waals surface area contributed by atoms with Gasteiger partial charge in [-0.15, -0.1) is 11.3 Å². The van der Waals surface area contributed by atoms with E-state index in [9.17, 15) is 4.79 Å². The van der Waals surface area contributed by atoms with Crippen molar-refractivity contribution >= 4 is 29.1 Å². The van der Waals surface area contributed by atoms with Gasteiger partial charge in [-0.25, -0.2) is 9.78 Å². The molecule has 0 bridgehead atoms. The maximum atomic E-state index is 10.7. The monoisotopic (exact) mass is 274 g/mol. The molecular formula is C11H18N2O2S2. The first-order chi connectivity index (χ1) is 8.04. The third-order valence-corrected chi connectivity index (χ3v) is 4.16. The van der Waals surface area contributed by atoms with E-state index >= 15 is 0 Å². The molecule has 1 aromatic rings. The molecule has 0 aliphatic carbocycles. The molecule has 1 atom stereocenters. The van der Waals surface area contributed by atoms with Gasteiger partial charge >= 0.3 is 5.97 Å². The summed E-state index contributed by atoms with van der Waals surface area (Å²) in [5.74, 6) is 0.197. The summed E-state index contributed by atoms with van der Waals surface area (Å²) in [6, 6.07) is 0.484. The van der Waals surface area contributed by atoms with Gasteiger partial charge in [0.2, 0.25) is 5.01 Å². The number of thioether (sulfide) groups is 1.